The predicted molar refractivity (Wildman–Crippen MR) is 84.1 cm³/mol. The number of likely N-dealkylation sites (N-methyl/N-ethyl adjacent to an activating group) is 1. The fourth-order valence-corrected chi connectivity index (χ4v) is 3.25. The van der Waals surface area contributed by atoms with Crippen molar-refractivity contribution in [2.75, 3.05) is 39.8 Å². The lowest BCUT2D eigenvalue weighted by Crippen LogP contribution is -2.49. The molecule has 1 saturated heterocycles. The second-order valence-electron chi connectivity index (χ2n) is 5.50. The highest BCUT2D eigenvalue weighted by molar-refractivity contribution is 7.09. The molecule has 1 atom stereocenters. The number of aryl methyl sites for hydroxylation is 1. The number of aliphatic carboxylic acids is 1. The third-order valence-electron chi connectivity index (χ3n) is 3.58. The van der Waals surface area contributed by atoms with Crippen LogP contribution in [-0.4, -0.2) is 72.7 Å². The molecule has 122 valence electrons. The molecule has 1 N–H and O–H groups in total. The molecule has 22 heavy (non-hydrogen) atoms. The number of morpholine rings is 1. The highest BCUT2D eigenvalue weighted by Crippen LogP contribution is 2.13. The maximum absolute atomic E-state index is 12.3. The molecule has 7 heteroatoms. The quantitative estimate of drug-likeness (QED) is 0.807. The number of hydrogen-bond acceptors (Lipinski definition) is 5. The van der Waals surface area contributed by atoms with Crippen LogP contribution >= 0.6 is 11.3 Å². The minimum atomic E-state index is -0.859. The summed E-state index contributed by atoms with van der Waals surface area (Å²) in [5.41, 5.74) is 0. The van der Waals surface area contributed by atoms with Gasteiger partial charge < -0.3 is 14.7 Å². The molecule has 1 amide bonds. The van der Waals surface area contributed by atoms with Crippen LogP contribution in [0.25, 0.3) is 0 Å². The summed E-state index contributed by atoms with van der Waals surface area (Å²) in [6.45, 7) is 2.15. The van der Waals surface area contributed by atoms with Crippen LogP contribution < -0.4 is 0 Å². The van der Waals surface area contributed by atoms with Crippen molar-refractivity contribution in [2.24, 2.45) is 0 Å². The van der Waals surface area contributed by atoms with Crippen LogP contribution in [-0.2, 0) is 20.7 Å². The number of ether oxygens (including phenoxy) is 1. The summed E-state index contributed by atoms with van der Waals surface area (Å²) in [6.07, 6.45) is 1.17. The standard InChI is InChI=1S/C15H22N2O4S/c1-16(11-15(19)20)9-12-10-17(6-7-21-12)14(18)5-4-13-3-2-8-22-13/h2-3,8,12H,4-7,9-11H2,1H3,(H,19,20). The minimum Gasteiger partial charge on any atom is -0.480 e. The van der Waals surface area contributed by atoms with Crippen LogP contribution in [0.4, 0.5) is 0 Å². The van der Waals surface area contributed by atoms with E-state index >= 15 is 0 Å². The molecule has 2 rings (SSSR count). The van der Waals surface area contributed by atoms with E-state index in [0.29, 0.717) is 32.7 Å². The zero-order valence-electron chi connectivity index (χ0n) is 12.7. The Morgan fingerprint density at radius 2 is 2.36 bits per heavy atom. The van der Waals surface area contributed by atoms with E-state index in [1.165, 1.54) is 4.88 Å². The Bertz CT molecular complexity index is 492. The van der Waals surface area contributed by atoms with Gasteiger partial charge in [-0.2, -0.15) is 0 Å². The van der Waals surface area contributed by atoms with E-state index in [9.17, 15) is 9.59 Å². The highest BCUT2D eigenvalue weighted by atomic mass is 32.1. The van der Waals surface area contributed by atoms with E-state index in [2.05, 4.69) is 0 Å². The fraction of sp³-hybridized carbons (Fsp3) is 0.600. The van der Waals surface area contributed by atoms with Crippen LogP contribution in [0.2, 0.25) is 0 Å². The van der Waals surface area contributed by atoms with E-state index in [1.807, 2.05) is 22.4 Å². The molecule has 1 aliphatic rings. The Morgan fingerprint density at radius 3 is 3.05 bits per heavy atom. The molecule has 0 aromatic carbocycles. The van der Waals surface area contributed by atoms with E-state index in [0.717, 1.165) is 6.42 Å². The van der Waals surface area contributed by atoms with Gasteiger partial charge in [0.05, 0.1) is 19.3 Å². The summed E-state index contributed by atoms with van der Waals surface area (Å²) in [7, 11) is 1.75. The minimum absolute atomic E-state index is 0.0216. The molecular weight excluding hydrogens is 304 g/mol. The molecule has 1 aromatic rings. The van der Waals surface area contributed by atoms with Crippen molar-refractivity contribution >= 4 is 23.2 Å². The SMILES string of the molecule is CN(CC(=O)O)CC1CN(C(=O)CCc2cccs2)CCO1. The van der Waals surface area contributed by atoms with Gasteiger partial charge in [0.2, 0.25) is 5.91 Å². The normalized spacial score (nSPS) is 18.6. The van der Waals surface area contributed by atoms with E-state index in [4.69, 9.17) is 9.84 Å². The average Bonchev–Trinajstić information content (AvgIpc) is 2.97. The lowest BCUT2D eigenvalue weighted by Gasteiger charge is -2.34. The zero-order chi connectivity index (χ0) is 15.9. The number of carbonyl (C=O) groups is 2. The van der Waals surface area contributed by atoms with Gasteiger partial charge in [0.1, 0.15) is 0 Å². The van der Waals surface area contributed by atoms with Crippen molar-refractivity contribution in [3.05, 3.63) is 22.4 Å². The Balaban J connectivity index is 1.76. The monoisotopic (exact) mass is 326 g/mol. The topological polar surface area (TPSA) is 70.1 Å². The third-order valence-corrected chi connectivity index (χ3v) is 4.51. The van der Waals surface area contributed by atoms with Crippen LogP contribution in [0, 0.1) is 0 Å². The van der Waals surface area contributed by atoms with Crippen LogP contribution in [0.3, 0.4) is 0 Å². The van der Waals surface area contributed by atoms with Gasteiger partial charge in [-0.05, 0) is 24.9 Å². The summed E-state index contributed by atoms with van der Waals surface area (Å²) >= 11 is 1.67. The third kappa shape index (κ3) is 5.40. The van der Waals surface area contributed by atoms with Crippen molar-refractivity contribution in [1.29, 1.82) is 0 Å². The van der Waals surface area contributed by atoms with Gasteiger partial charge in [-0.25, -0.2) is 0 Å². The van der Waals surface area contributed by atoms with Crippen molar-refractivity contribution in [1.82, 2.24) is 9.80 Å². The van der Waals surface area contributed by atoms with Crippen LogP contribution in [0.5, 0.6) is 0 Å². The maximum atomic E-state index is 12.3. The highest BCUT2D eigenvalue weighted by Gasteiger charge is 2.25. The van der Waals surface area contributed by atoms with Gasteiger partial charge in [-0.15, -0.1) is 11.3 Å². The molecule has 1 fully saturated rings. The van der Waals surface area contributed by atoms with E-state index in [1.54, 1.807) is 23.3 Å². The molecule has 1 aromatic heterocycles. The maximum Gasteiger partial charge on any atom is 0.317 e. The molecule has 6 nitrogen and oxygen atoms in total. The summed E-state index contributed by atoms with van der Waals surface area (Å²) in [5, 5.41) is 10.8. The van der Waals surface area contributed by atoms with Gasteiger partial charge in [0, 0.05) is 30.9 Å². The first-order chi connectivity index (χ1) is 10.5. The smallest absolute Gasteiger partial charge is 0.317 e. The Morgan fingerprint density at radius 1 is 1.55 bits per heavy atom. The number of amides is 1. The first-order valence-electron chi connectivity index (χ1n) is 7.36. The van der Waals surface area contributed by atoms with Gasteiger partial charge >= 0.3 is 5.97 Å². The molecule has 2 heterocycles. The number of hydrogen-bond donors (Lipinski definition) is 1. The second kappa shape index (κ2) is 8.26. The van der Waals surface area contributed by atoms with Gasteiger partial charge in [0.15, 0.2) is 0 Å². The Kier molecular flexibility index (Phi) is 6.35. The number of thiophene rings is 1. The van der Waals surface area contributed by atoms with Gasteiger partial charge in [0.25, 0.3) is 0 Å². The lowest BCUT2D eigenvalue weighted by molar-refractivity contribution is -0.142. The second-order valence-corrected chi connectivity index (χ2v) is 6.53. The van der Waals surface area contributed by atoms with Gasteiger partial charge in [-0.1, -0.05) is 6.07 Å². The van der Waals surface area contributed by atoms with Crippen molar-refractivity contribution in [3.8, 4) is 0 Å². The first-order valence-corrected chi connectivity index (χ1v) is 8.24. The molecular formula is C15H22N2O4S. The Hall–Kier alpha value is -1.44. The summed E-state index contributed by atoms with van der Waals surface area (Å²) in [4.78, 5) is 27.7. The molecule has 0 bridgehead atoms. The van der Waals surface area contributed by atoms with E-state index in [-0.39, 0.29) is 18.6 Å². The van der Waals surface area contributed by atoms with Crippen LogP contribution in [0.1, 0.15) is 11.3 Å². The van der Waals surface area contributed by atoms with Crippen molar-refractivity contribution in [2.45, 2.75) is 18.9 Å². The summed E-state index contributed by atoms with van der Waals surface area (Å²) in [6, 6.07) is 4.04. The summed E-state index contributed by atoms with van der Waals surface area (Å²) < 4.78 is 5.63. The average molecular weight is 326 g/mol. The number of carboxylic acid groups (broad SMARTS) is 1. The van der Waals surface area contributed by atoms with Crippen molar-refractivity contribution in [3.63, 3.8) is 0 Å². The summed E-state index contributed by atoms with van der Waals surface area (Å²) in [5.74, 6) is -0.718. The number of rotatable bonds is 7. The molecule has 1 unspecified atom stereocenters. The molecule has 0 radical (unpaired) electrons. The predicted octanol–water partition coefficient (Wildman–Crippen LogP) is 0.925. The largest absolute Gasteiger partial charge is 0.480 e. The number of carboxylic acids is 1. The lowest BCUT2D eigenvalue weighted by atomic mass is 10.2. The number of carbonyl (C=O) groups excluding carboxylic acids is 1. The van der Waals surface area contributed by atoms with Gasteiger partial charge in [-0.3, -0.25) is 14.5 Å². The van der Waals surface area contributed by atoms with Crippen LogP contribution in [0.15, 0.2) is 17.5 Å². The zero-order valence-corrected chi connectivity index (χ0v) is 13.6. The first kappa shape index (κ1) is 16.9. The molecule has 0 aliphatic carbocycles. The molecule has 0 saturated carbocycles. The van der Waals surface area contributed by atoms with E-state index < -0.39 is 5.97 Å². The molecule has 1 aliphatic heterocycles. The van der Waals surface area contributed by atoms with Crippen molar-refractivity contribution < 1.29 is 19.4 Å². The fourth-order valence-electron chi connectivity index (χ4n) is 2.54. The molecule has 0 spiro atoms. The number of nitrogens with zero attached hydrogens (tertiary/aromatic N) is 2. The Labute approximate surface area is 134 Å².